The zero-order chi connectivity index (χ0) is 17.6. The van der Waals surface area contributed by atoms with Crippen molar-refractivity contribution in [1.82, 2.24) is 20.4 Å². The first-order valence-corrected chi connectivity index (χ1v) is 8.86. The molecule has 2 aromatic rings. The lowest BCUT2D eigenvalue weighted by atomic mass is 9.97. The Morgan fingerprint density at radius 2 is 1.92 bits per heavy atom. The van der Waals surface area contributed by atoms with Gasteiger partial charge in [-0.1, -0.05) is 23.7 Å². The summed E-state index contributed by atoms with van der Waals surface area (Å²) in [6.07, 6.45) is 4.09. The molecule has 1 aliphatic rings. The Bertz CT molecular complexity index is 802. The van der Waals surface area contributed by atoms with Crippen LogP contribution in [-0.4, -0.2) is 22.4 Å². The smallest absolute Gasteiger partial charge is 0.315 e. The average molecular weight is 361 g/mol. The van der Waals surface area contributed by atoms with Crippen LogP contribution in [0.1, 0.15) is 29.7 Å². The second-order valence-corrected chi connectivity index (χ2v) is 6.56. The monoisotopic (exact) mass is 360 g/mol. The van der Waals surface area contributed by atoms with E-state index in [1.807, 2.05) is 12.1 Å². The second kappa shape index (κ2) is 8.16. The molecule has 0 atom stereocenters. The van der Waals surface area contributed by atoms with E-state index in [1.54, 1.807) is 18.2 Å². The molecule has 1 heterocycles. The minimum absolute atomic E-state index is 0.107. The highest BCUT2D eigenvalue weighted by atomic mass is 35.5. The molecule has 132 valence electrons. The SMILES string of the molecule is O=C(NCCn1nc2c(cc1=O)CCCC2)NCc1ccc(Cl)cc1. The molecule has 0 saturated carbocycles. The lowest BCUT2D eigenvalue weighted by molar-refractivity contribution is 0.240. The van der Waals surface area contributed by atoms with Gasteiger partial charge >= 0.3 is 6.03 Å². The number of carbonyl (C=O) groups is 1. The van der Waals surface area contributed by atoms with Crippen LogP contribution in [0.25, 0.3) is 0 Å². The zero-order valence-corrected chi connectivity index (χ0v) is 14.7. The Labute approximate surface area is 151 Å². The molecule has 2 N–H and O–H groups in total. The Balaban J connectivity index is 1.47. The van der Waals surface area contributed by atoms with Crippen LogP contribution in [0.15, 0.2) is 35.1 Å². The van der Waals surface area contributed by atoms with Crippen molar-refractivity contribution >= 4 is 17.6 Å². The van der Waals surface area contributed by atoms with Crippen LogP contribution >= 0.6 is 11.6 Å². The number of rotatable bonds is 5. The van der Waals surface area contributed by atoms with E-state index >= 15 is 0 Å². The van der Waals surface area contributed by atoms with E-state index in [9.17, 15) is 9.59 Å². The summed E-state index contributed by atoms with van der Waals surface area (Å²) in [4.78, 5) is 23.9. The number of benzene rings is 1. The van der Waals surface area contributed by atoms with E-state index in [2.05, 4.69) is 15.7 Å². The lowest BCUT2D eigenvalue weighted by Gasteiger charge is -2.16. The number of urea groups is 1. The van der Waals surface area contributed by atoms with Gasteiger partial charge in [0.1, 0.15) is 0 Å². The fraction of sp³-hybridized carbons (Fsp3) is 0.389. The van der Waals surface area contributed by atoms with Crippen molar-refractivity contribution in [2.45, 2.75) is 38.8 Å². The maximum Gasteiger partial charge on any atom is 0.315 e. The quantitative estimate of drug-likeness (QED) is 0.858. The molecule has 25 heavy (non-hydrogen) atoms. The number of aryl methyl sites for hydroxylation is 2. The molecule has 3 rings (SSSR count). The Kier molecular flexibility index (Phi) is 5.71. The molecule has 0 aliphatic heterocycles. The van der Waals surface area contributed by atoms with Gasteiger partial charge in [-0.05, 0) is 48.9 Å². The Morgan fingerprint density at radius 1 is 1.16 bits per heavy atom. The van der Waals surface area contributed by atoms with Gasteiger partial charge in [0, 0.05) is 24.2 Å². The molecule has 0 spiro atoms. The van der Waals surface area contributed by atoms with Gasteiger partial charge in [0.05, 0.1) is 12.2 Å². The van der Waals surface area contributed by atoms with Crippen LogP contribution in [0, 0.1) is 0 Å². The number of carbonyl (C=O) groups excluding carboxylic acids is 1. The van der Waals surface area contributed by atoms with Gasteiger partial charge in [-0.25, -0.2) is 9.48 Å². The molecule has 1 aliphatic carbocycles. The van der Waals surface area contributed by atoms with Crippen molar-refractivity contribution in [2.75, 3.05) is 6.54 Å². The van der Waals surface area contributed by atoms with Crippen molar-refractivity contribution in [1.29, 1.82) is 0 Å². The third-order valence-electron chi connectivity index (χ3n) is 4.25. The van der Waals surface area contributed by atoms with Crippen molar-refractivity contribution in [3.8, 4) is 0 Å². The molecule has 2 amide bonds. The molecule has 0 unspecified atom stereocenters. The van der Waals surface area contributed by atoms with Crippen molar-refractivity contribution in [2.24, 2.45) is 0 Å². The molecule has 1 aromatic heterocycles. The summed E-state index contributed by atoms with van der Waals surface area (Å²) in [6.45, 7) is 1.12. The predicted octanol–water partition coefficient (Wildman–Crippen LogP) is 2.27. The van der Waals surface area contributed by atoms with Crippen LogP contribution in [0.5, 0.6) is 0 Å². The number of aromatic nitrogens is 2. The number of amides is 2. The molecule has 6 nitrogen and oxygen atoms in total. The molecule has 0 bridgehead atoms. The summed E-state index contributed by atoms with van der Waals surface area (Å²) in [5.74, 6) is 0. The van der Waals surface area contributed by atoms with E-state index in [4.69, 9.17) is 11.6 Å². The largest absolute Gasteiger partial charge is 0.336 e. The van der Waals surface area contributed by atoms with Crippen LogP contribution in [0.3, 0.4) is 0 Å². The molecular weight excluding hydrogens is 340 g/mol. The molecule has 0 saturated heterocycles. The molecule has 1 aromatic carbocycles. The third-order valence-corrected chi connectivity index (χ3v) is 4.50. The summed E-state index contributed by atoms with van der Waals surface area (Å²) in [7, 11) is 0. The minimum atomic E-state index is -0.277. The number of nitrogens with one attached hydrogen (secondary N) is 2. The van der Waals surface area contributed by atoms with Crippen molar-refractivity contribution in [3.05, 3.63) is 62.5 Å². The Morgan fingerprint density at radius 3 is 2.72 bits per heavy atom. The van der Waals surface area contributed by atoms with Gasteiger partial charge in [0.2, 0.25) is 0 Å². The number of fused-ring (bicyclic) bond motifs is 1. The van der Waals surface area contributed by atoms with Gasteiger partial charge < -0.3 is 10.6 Å². The molecule has 0 radical (unpaired) electrons. The van der Waals surface area contributed by atoms with Crippen molar-refractivity contribution < 1.29 is 4.79 Å². The van der Waals surface area contributed by atoms with Crippen LogP contribution in [0.4, 0.5) is 4.79 Å². The minimum Gasteiger partial charge on any atom is -0.336 e. The first kappa shape index (κ1) is 17.5. The molecular formula is C18H21ClN4O2. The lowest BCUT2D eigenvalue weighted by Crippen LogP contribution is -2.38. The highest BCUT2D eigenvalue weighted by molar-refractivity contribution is 6.30. The number of hydrogen-bond donors (Lipinski definition) is 2. The van der Waals surface area contributed by atoms with Crippen LogP contribution in [-0.2, 0) is 25.9 Å². The highest BCUT2D eigenvalue weighted by Crippen LogP contribution is 2.16. The number of halogens is 1. The van der Waals surface area contributed by atoms with Crippen LogP contribution < -0.4 is 16.2 Å². The summed E-state index contributed by atoms with van der Waals surface area (Å²) in [6, 6.07) is 8.69. The average Bonchev–Trinajstić information content (AvgIpc) is 2.61. The first-order chi connectivity index (χ1) is 12.1. The summed E-state index contributed by atoms with van der Waals surface area (Å²) in [5.41, 5.74) is 2.94. The zero-order valence-electron chi connectivity index (χ0n) is 13.9. The Hall–Kier alpha value is -2.34. The van der Waals surface area contributed by atoms with E-state index in [-0.39, 0.29) is 11.6 Å². The second-order valence-electron chi connectivity index (χ2n) is 6.12. The summed E-state index contributed by atoms with van der Waals surface area (Å²) < 4.78 is 1.43. The summed E-state index contributed by atoms with van der Waals surface area (Å²) in [5, 5.41) is 10.6. The third kappa shape index (κ3) is 4.82. The van der Waals surface area contributed by atoms with Gasteiger partial charge in [0.15, 0.2) is 0 Å². The molecule has 0 fully saturated rings. The topological polar surface area (TPSA) is 76.0 Å². The number of hydrogen-bond acceptors (Lipinski definition) is 3. The van der Waals surface area contributed by atoms with E-state index in [0.717, 1.165) is 42.5 Å². The number of nitrogens with zero attached hydrogens (tertiary/aromatic N) is 2. The standard InChI is InChI=1S/C18H21ClN4O2/c19-15-7-5-13(6-8-15)12-21-18(25)20-9-10-23-17(24)11-14-3-1-2-4-16(14)22-23/h5-8,11H,1-4,9-10,12H2,(H2,20,21,25). The van der Waals surface area contributed by atoms with Gasteiger partial charge in [-0.15, -0.1) is 0 Å². The van der Waals surface area contributed by atoms with Gasteiger partial charge in [0.25, 0.3) is 5.56 Å². The summed E-state index contributed by atoms with van der Waals surface area (Å²) >= 11 is 5.82. The van der Waals surface area contributed by atoms with Crippen molar-refractivity contribution in [3.63, 3.8) is 0 Å². The fourth-order valence-electron chi connectivity index (χ4n) is 2.88. The van der Waals surface area contributed by atoms with E-state index < -0.39 is 0 Å². The van der Waals surface area contributed by atoms with Gasteiger partial charge in [-0.3, -0.25) is 4.79 Å². The molecule has 7 heteroatoms. The normalized spacial score (nSPS) is 13.2. The predicted molar refractivity (Wildman–Crippen MR) is 96.8 cm³/mol. The maximum absolute atomic E-state index is 12.1. The maximum atomic E-state index is 12.1. The highest BCUT2D eigenvalue weighted by Gasteiger charge is 2.13. The van der Waals surface area contributed by atoms with Crippen LogP contribution in [0.2, 0.25) is 5.02 Å². The van der Waals surface area contributed by atoms with E-state index in [0.29, 0.717) is 24.7 Å². The fourth-order valence-corrected chi connectivity index (χ4v) is 3.01. The van der Waals surface area contributed by atoms with E-state index in [1.165, 1.54) is 4.68 Å². The van der Waals surface area contributed by atoms with Gasteiger partial charge in [-0.2, -0.15) is 5.10 Å². The first-order valence-electron chi connectivity index (χ1n) is 8.48.